The van der Waals surface area contributed by atoms with Gasteiger partial charge in [0.15, 0.2) is 6.10 Å². The highest BCUT2D eigenvalue weighted by Crippen LogP contribution is 2.35. The number of phosphoric acid groups is 1. The third-order valence-electron chi connectivity index (χ3n) is 7.49. The van der Waals surface area contributed by atoms with Crippen LogP contribution in [0.4, 0.5) is 0 Å². The fourth-order valence-electron chi connectivity index (χ4n) is 4.62. The first-order valence-electron chi connectivity index (χ1n) is 19.8. The number of rotatable bonds is 34. The van der Waals surface area contributed by atoms with Crippen LogP contribution in [0.15, 0.2) is 122 Å². The summed E-state index contributed by atoms with van der Waals surface area (Å²) in [6.45, 7) is 3.35. The van der Waals surface area contributed by atoms with Gasteiger partial charge in [-0.05, 0) is 89.9 Å². The first-order chi connectivity index (χ1) is 26.3. The van der Waals surface area contributed by atoms with Crippen LogP contribution in [0.5, 0.6) is 0 Å². The maximum atomic E-state index is 12.4. The van der Waals surface area contributed by atoms with E-state index in [-0.39, 0.29) is 19.4 Å². The summed E-state index contributed by atoms with van der Waals surface area (Å²) in [5, 5.41) is 0. The number of hydrogen-bond donors (Lipinski definition) is 2. The Bertz CT molecular complexity index is 1280. The van der Waals surface area contributed by atoms with Gasteiger partial charge < -0.3 is 19.3 Å². The van der Waals surface area contributed by atoms with Gasteiger partial charge in [0.1, 0.15) is 6.61 Å². The zero-order chi connectivity index (χ0) is 39.6. The number of ether oxygens (including phenoxy) is 2. The molecule has 0 bridgehead atoms. The van der Waals surface area contributed by atoms with E-state index in [1.807, 2.05) is 12.2 Å². The fraction of sp³-hybridized carbons (Fsp3) is 0.511. The molecule has 0 aliphatic carbocycles. The van der Waals surface area contributed by atoms with Crippen molar-refractivity contribution in [1.82, 2.24) is 0 Å². The van der Waals surface area contributed by atoms with Crippen molar-refractivity contribution in [3.8, 4) is 0 Å². The molecule has 9 heteroatoms. The van der Waals surface area contributed by atoms with E-state index in [9.17, 15) is 14.2 Å². The number of hydrogen-bond acceptors (Lipinski definition) is 6. The van der Waals surface area contributed by atoms with Gasteiger partial charge in [-0.1, -0.05) is 148 Å². The molecule has 0 spiro atoms. The molecule has 0 aliphatic rings. The molecule has 8 nitrogen and oxygen atoms in total. The molecule has 1 atom stereocenters. The summed E-state index contributed by atoms with van der Waals surface area (Å²) in [5.41, 5.74) is 0. The number of phosphoric ester groups is 1. The van der Waals surface area contributed by atoms with Crippen LogP contribution in [0, 0.1) is 0 Å². The minimum Gasteiger partial charge on any atom is -0.462 e. The largest absolute Gasteiger partial charge is 0.469 e. The van der Waals surface area contributed by atoms with Crippen molar-refractivity contribution in [2.75, 3.05) is 13.2 Å². The molecule has 0 saturated carbocycles. The quantitative estimate of drug-likeness (QED) is 0.0287. The van der Waals surface area contributed by atoms with Crippen molar-refractivity contribution < 1.29 is 37.9 Å². The molecule has 302 valence electrons. The molecule has 0 unspecified atom stereocenters. The average Bonchev–Trinajstić information content (AvgIpc) is 3.14. The lowest BCUT2D eigenvalue weighted by Gasteiger charge is -2.18. The highest BCUT2D eigenvalue weighted by molar-refractivity contribution is 7.46. The van der Waals surface area contributed by atoms with Crippen LogP contribution < -0.4 is 0 Å². The maximum Gasteiger partial charge on any atom is 0.469 e. The SMILES string of the molecule is CC/C=C\C/C=C\C/C=C\C/C=C\C/C=C\C/C=C\CCC(=O)O[C@H](COC(=O)CCCCCC/C=C\C/C=C\C/C=C\C/C=C\CC)COP(=O)(O)O. The van der Waals surface area contributed by atoms with Gasteiger partial charge in [-0.25, -0.2) is 4.57 Å². The molecule has 0 aliphatic heterocycles. The van der Waals surface area contributed by atoms with Crippen LogP contribution in [0.3, 0.4) is 0 Å². The van der Waals surface area contributed by atoms with E-state index in [4.69, 9.17) is 19.3 Å². The summed E-state index contributed by atoms with van der Waals surface area (Å²) in [7, 11) is -4.79. The molecule has 2 N–H and O–H groups in total. The van der Waals surface area contributed by atoms with Gasteiger partial charge in [0.25, 0.3) is 0 Å². The number of carbonyl (C=O) groups is 2. The van der Waals surface area contributed by atoms with Crippen molar-refractivity contribution in [1.29, 1.82) is 0 Å². The fourth-order valence-corrected chi connectivity index (χ4v) is 4.98. The van der Waals surface area contributed by atoms with E-state index in [1.54, 1.807) is 0 Å². The Balaban J connectivity index is 4.16. The van der Waals surface area contributed by atoms with Gasteiger partial charge in [0.2, 0.25) is 0 Å². The van der Waals surface area contributed by atoms with Crippen LogP contribution in [-0.2, 0) is 28.2 Å². The van der Waals surface area contributed by atoms with Crippen molar-refractivity contribution in [2.24, 2.45) is 0 Å². The van der Waals surface area contributed by atoms with E-state index in [0.29, 0.717) is 12.8 Å². The highest BCUT2D eigenvalue weighted by Gasteiger charge is 2.22. The monoisotopic (exact) mass is 768 g/mol. The first kappa shape index (κ1) is 50.5. The van der Waals surface area contributed by atoms with E-state index in [2.05, 4.69) is 128 Å². The zero-order valence-electron chi connectivity index (χ0n) is 33.1. The Morgan fingerprint density at radius 2 is 0.870 bits per heavy atom. The lowest BCUT2D eigenvalue weighted by atomic mass is 10.1. The minimum absolute atomic E-state index is 0.0729. The summed E-state index contributed by atoms with van der Waals surface area (Å²) in [5.74, 6) is -1.03. The number of esters is 2. The molecule has 0 fully saturated rings. The minimum atomic E-state index is -4.79. The smallest absolute Gasteiger partial charge is 0.462 e. The number of carbonyl (C=O) groups excluding carboxylic acids is 2. The first-order valence-corrected chi connectivity index (χ1v) is 21.4. The average molecular weight is 769 g/mol. The summed E-state index contributed by atoms with van der Waals surface area (Å²) < 4.78 is 26.3. The standard InChI is InChI=1S/C45H69O8P/c1-3-5-7-9-11-13-15-17-19-21-22-24-26-28-30-32-34-36-38-40-45(47)53-43(42-52-54(48,49)50)41-51-44(46)39-37-35-33-31-29-27-25-23-20-18-16-14-12-10-8-6-4-2/h5-8,11-14,17-20,22,24-25,27-28,30,34,36,43H,3-4,9-10,15-16,21,23,26,29,31-33,35,37-42H2,1-2H3,(H2,48,49,50)/b7-5-,8-6-,13-11-,14-12-,19-17-,20-18-,24-22-,27-25-,30-28-,36-34-/t43-/m1/s1. The molecule has 0 rings (SSSR count). The second-order valence-electron chi connectivity index (χ2n) is 12.5. The third kappa shape index (κ3) is 41.2. The van der Waals surface area contributed by atoms with E-state index >= 15 is 0 Å². The van der Waals surface area contributed by atoms with Gasteiger partial charge in [-0.15, -0.1) is 0 Å². The van der Waals surface area contributed by atoms with Gasteiger partial charge in [-0.2, -0.15) is 0 Å². The molecule has 0 radical (unpaired) electrons. The predicted molar refractivity (Wildman–Crippen MR) is 225 cm³/mol. The van der Waals surface area contributed by atoms with Gasteiger partial charge >= 0.3 is 19.8 Å². The van der Waals surface area contributed by atoms with E-state index < -0.39 is 32.5 Å². The zero-order valence-corrected chi connectivity index (χ0v) is 34.0. The van der Waals surface area contributed by atoms with Crippen LogP contribution in [-0.4, -0.2) is 41.0 Å². The Kier molecular flexibility index (Phi) is 36.6. The third-order valence-corrected chi connectivity index (χ3v) is 7.97. The van der Waals surface area contributed by atoms with E-state index in [1.165, 1.54) is 0 Å². The molecule has 0 aromatic rings. The molecule has 0 aromatic heterocycles. The molecular weight excluding hydrogens is 699 g/mol. The second-order valence-corrected chi connectivity index (χ2v) is 13.7. The Labute approximate surface area is 327 Å². The van der Waals surface area contributed by atoms with E-state index in [0.717, 1.165) is 89.9 Å². The van der Waals surface area contributed by atoms with Crippen molar-refractivity contribution in [2.45, 2.75) is 136 Å². The summed E-state index contributed by atoms with van der Waals surface area (Å²) in [6, 6.07) is 0. The van der Waals surface area contributed by atoms with Crippen LogP contribution in [0.25, 0.3) is 0 Å². The van der Waals surface area contributed by atoms with Crippen LogP contribution in [0.1, 0.15) is 129 Å². The molecule has 54 heavy (non-hydrogen) atoms. The van der Waals surface area contributed by atoms with Crippen LogP contribution >= 0.6 is 7.82 Å². The topological polar surface area (TPSA) is 119 Å². The maximum absolute atomic E-state index is 12.4. The Hall–Kier alpha value is -3.55. The normalized spacial score (nSPS) is 13.8. The van der Waals surface area contributed by atoms with Crippen LogP contribution in [0.2, 0.25) is 0 Å². The lowest BCUT2D eigenvalue weighted by Crippen LogP contribution is -2.29. The lowest BCUT2D eigenvalue weighted by molar-refractivity contribution is -0.161. The van der Waals surface area contributed by atoms with Gasteiger partial charge in [-0.3, -0.25) is 14.1 Å². The van der Waals surface area contributed by atoms with Gasteiger partial charge in [0.05, 0.1) is 6.61 Å². The Morgan fingerprint density at radius 3 is 1.30 bits per heavy atom. The number of allylic oxidation sites excluding steroid dienone is 20. The second kappa shape index (κ2) is 39.2. The number of unbranched alkanes of at least 4 members (excludes halogenated alkanes) is 4. The molecule has 0 aromatic carbocycles. The Morgan fingerprint density at radius 1 is 0.481 bits per heavy atom. The summed E-state index contributed by atoms with van der Waals surface area (Å²) in [4.78, 5) is 42.8. The molecule has 0 saturated heterocycles. The molecule has 0 heterocycles. The molecule has 0 amide bonds. The van der Waals surface area contributed by atoms with Crippen molar-refractivity contribution in [3.63, 3.8) is 0 Å². The summed E-state index contributed by atoms with van der Waals surface area (Å²) in [6.07, 6.45) is 56.4. The predicted octanol–water partition coefficient (Wildman–Crippen LogP) is 12.2. The van der Waals surface area contributed by atoms with Crippen molar-refractivity contribution >= 4 is 19.8 Å². The highest BCUT2D eigenvalue weighted by atomic mass is 31.2. The summed E-state index contributed by atoms with van der Waals surface area (Å²) >= 11 is 0. The van der Waals surface area contributed by atoms with Crippen molar-refractivity contribution in [3.05, 3.63) is 122 Å². The molecular formula is C45H69O8P. The van der Waals surface area contributed by atoms with Gasteiger partial charge in [0, 0.05) is 12.8 Å².